The van der Waals surface area contributed by atoms with Gasteiger partial charge in [0.1, 0.15) is 0 Å². The third-order valence-electron chi connectivity index (χ3n) is 2.26. The maximum Gasteiger partial charge on any atom is 0.0264 e. The van der Waals surface area contributed by atoms with Gasteiger partial charge in [-0.05, 0) is 12.8 Å². The summed E-state index contributed by atoms with van der Waals surface area (Å²) in [5.41, 5.74) is 1.67. The van der Waals surface area contributed by atoms with Crippen LogP contribution in [0.4, 0.5) is 4.48 Å². The summed E-state index contributed by atoms with van der Waals surface area (Å²) in [5, 5.41) is 1.57. The summed E-state index contributed by atoms with van der Waals surface area (Å²) in [5.74, 6) is 0. The average molecular weight is 146 g/mol. The molecule has 1 fully saturated rings. The van der Waals surface area contributed by atoms with Gasteiger partial charge in [0.15, 0.2) is 0 Å². The lowest BCUT2D eigenvalue weighted by atomic mass is 9.95. The normalized spacial score (nSPS) is 21.9. The molecule has 0 amide bonds. The summed E-state index contributed by atoms with van der Waals surface area (Å²) in [6.07, 6.45) is 6.07. The van der Waals surface area contributed by atoms with Crippen LogP contribution in [0.1, 0.15) is 32.1 Å². The first-order valence-corrected chi connectivity index (χ1v) is 3.93. The topological polar surface area (TPSA) is 15.3 Å². The Hall–Kier alpha value is -0.150. The van der Waals surface area contributed by atoms with Crippen molar-refractivity contribution < 1.29 is 4.48 Å². The molecular formula is C7H15FN2. The van der Waals surface area contributed by atoms with E-state index in [0.717, 1.165) is 12.8 Å². The zero-order chi connectivity index (χ0) is 7.40. The Bertz CT molecular complexity index is 91.6. The molecule has 0 heterocycles. The molecule has 0 aromatic heterocycles. The molecule has 0 bridgehead atoms. The van der Waals surface area contributed by atoms with Crippen LogP contribution in [-0.4, -0.2) is 18.1 Å². The van der Waals surface area contributed by atoms with Crippen LogP contribution in [0.15, 0.2) is 0 Å². The van der Waals surface area contributed by atoms with Crippen molar-refractivity contribution in [1.82, 2.24) is 10.7 Å². The third-order valence-corrected chi connectivity index (χ3v) is 2.26. The van der Waals surface area contributed by atoms with Crippen molar-refractivity contribution in [2.45, 2.75) is 38.1 Å². The summed E-state index contributed by atoms with van der Waals surface area (Å²) in [7, 11) is 1.76. The minimum absolute atomic E-state index is 0.416. The number of hydrazine groups is 1. The maximum atomic E-state index is 11.8. The van der Waals surface area contributed by atoms with E-state index in [9.17, 15) is 4.48 Å². The molecule has 60 valence electrons. The molecule has 1 saturated carbocycles. The first kappa shape index (κ1) is 7.95. The van der Waals surface area contributed by atoms with Gasteiger partial charge in [0.2, 0.25) is 0 Å². The van der Waals surface area contributed by atoms with Crippen molar-refractivity contribution >= 4 is 0 Å². The Morgan fingerprint density at radius 3 is 2.40 bits per heavy atom. The van der Waals surface area contributed by atoms with Gasteiger partial charge in [0.25, 0.3) is 0 Å². The average Bonchev–Trinajstić information content (AvgIpc) is 2.05. The van der Waals surface area contributed by atoms with Gasteiger partial charge >= 0.3 is 0 Å². The fraction of sp³-hybridized carbons (Fsp3) is 1.00. The van der Waals surface area contributed by atoms with Gasteiger partial charge < -0.3 is 0 Å². The molecule has 1 aliphatic rings. The smallest absolute Gasteiger partial charge is 0.0264 e. The molecule has 1 aliphatic carbocycles. The SMILES string of the molecule is CN(NF)C1CCCCC1. The minimum Gasteiger partial charge on any atom is -0.217 e. The van der Waals surface area contributed by atoms with Crippen LogP contribution in [-0.2, 0) is 0 Å². The quantitative estimate of drug-likeness (QED) is 0.470. The predicted octanol–water partition coefficient (Wildman–Crippen LogP) is 1.64. The van der Waals surface area contributed by atoms with E-state index in [0.29, 0.717) is 6.04 Å². The Kier molecular flexibility index (Phi) is 3.09. The van der Waals surface area contributed by atoms with Crippen LogP contribution in [0.3, 0.4) is 0 Å². The lowest BCUT2D eigenvalue weighted by Gasteiger charge is -2.28. The van der Waals surface area contributed by atoms with E-state index in [1.165, 1.54) is 19.3 Å². The largest absolute Gasteiger partial charge is 0.217 e. The fourth-order valence-corrected chi connectivity index (χ4v) is 1.54. The van der Waals surface area contributed by atoms with Gasteiger partial charge in [-0.15, -0.1) is 4.48 Å². The number of hydrogen-bond donors (Lipinski definition) is 1. The summed E-state index contributed by atoms with van der Waals surface area (Å²) in [6.45, 7) is 0. The van der Waals surface area contributed by atoms with Crippen LogP contribution in [0.25, 0.3) is 0 Å². The Morgan fingerprint density at radius 1 is 1.30 bits per heavy atom. The molecule has 0 spiro atoms. The molecule has 1 N–H and O–H groups in total. The van der Waals surface area contributed by atoms with Crippen LogP contribution in [0, 0.1) is 0 Å². The Balaban J connectivity index is 2.24. The van der Waals surface area contributed by atoms with Crippen LogP contribution < -0.4 is 5.65 Å². The van der Waals surface area contributed by atoms with Crippen LogP contribution in [0.2, 0.25) is 0 Å². The number of rotatable bonds is 2. The Morgan fingerprint density at radius 2 is 1.90 bits per heavy atom. The lowest BCUT2D eigenvalue weighted by Crippen LogP contribution is -2.39. The summed E-state index contributed by atoms with van der Waals surface area (Å²) in [6, 6.07) is 0.416. The van der Waals surface area contributed by atoms with Crippen molar-refractivity contribution in [1.29, 1.82) is 0 Å². The molecular weight excluding hydrogens is 131 g/mol. The molecule has 0 saturated heterocycles. The first-order chi connectivity index (χ1) is 4.84. The van der Waals surface area contributed by atoms with Gasteiger partial charge in [0, 0.05) is 13.1 Å². The van der Waals surface area contributed by atoms with Crippen LogP contribution in [0.5, 0.6) is 0 Å². The van der Waals surface area contributed by atoms with Crippen molar-refractivity contribution in [2.75, 3.05) is 7.05 Å². The van der Waals surface area contributed by atoms with E-state index in [-0.39, 0.29) is 0 Å². The van der Waals surface area contributed by atoms with E-state index in [4.69, 9.17) is 0 Å². The molecule has 0 aromatic rings. The number of nitrogens with one attached hydrogen (secondary N) is 1. The highest BCUT2D eigenvalue weighted by molar-refractivity contribution is 4.69. The molecule has 3 heteroatoms. The molecule has 0 aromatic carbocycles. The van der Waals surface area contributed by atoms with E-state index >= 15 is 0 Å². The molecule has 0 unspecified atom stereocenters. The van der Waals surface area contributed by atoms with E-state index in [1.807, 2.05) is 0 Å². The van der Waals surface area contributed by atoms with Gasteiger partial charge in [-0.2, -0.15) is 0 Å². The summed E-state index contributed by atoms with van der Waals surface area (Å²) < 4.78 is 11.8. The highest BCUT2D eigenvalue weighted by atomic mass is 19.2. The molecule has 0 aliphatic heterocycles. The molecule has 10 heavy (non-hydrogen) atoms. The molecule has 1 rings (SSSR count). The highest BCUT2D eigenvalue weighted by Crippen LogP contribution is 2.20. The second-order valence-electron chi connectivity index (χ2n) is 2.99. The monoisotopic (exact) mass is 146 g/mol. The zero-order valence-corrected chi connectivity index (χ0v) is 6.44. The van der Waals surface area contributed by atoms with Gasteiger partial charge in [-0.1, -0.05) is 24.9 Å². The summed E-state index contributed by atoms with van der Waals surface area (Å²) in [4.78, 5) is 0. The molecule has 2 nitrogen and oxygen atoms in total. The maximum absolute atomic E-state index is 11.8. The van der Waals surface area contributed by atoms with E-state index in [1.54, 1.807) is 17.7 Å². The first-order valence-electron chi connectivity index (χ1n) is 3.93. The van der Waals surface area contributed by atoms with Crippen molar-refractivity contribution in [3.05, 3.63) is 0 Å². The fourth-order valence-electron chi connectivity index (χ4n) is 1.54. The van der Waals surface area contributed by atoms with Crippen molar-refractivity contribution in [3.63, 3.8) is 0 Å². The standard InChI is InChI=1S/C7H15FN2/c1-10(9-8)7-5-3-2-4-6-7/h7,9H,2-6H2,1H3. The molecule has 0 radical (unpaired) electrons. The third kappa shape index (κ3) is 1.92. The van der Waals surface area contributed by atoms with Crippen molar-refractivity contribution in [2.24, 2.45) is 0 Å². The number of hydrogen-bond acceptors (Lipinski definition) is 2. The van der Waals surface area contributed by atoms with E-state index in [2.05, 4.69) is 0 Å². The highest BCUT2D eigenvalue weighted by Gasteiger charge is 2.16. The number of halogens is 1. The Labute approximate surface area is 61.3 Å². The van der Waals surface area contributed by atoms with Crippen LogP contribution >= 0.6 is 0 Å². The number of nitrogens with zero attached hydrogens (tertiary/aromatic N) is 1. The van der Waals surface area contributed by atoms with Crippen molar-refractivity contribution in [3.8, 4) is 0 Å². The molecule has 0 atom stereocenters. The second kappa shape index (κ2) is 3.88. The second-order valence-corrected chi connectivity index (χ2v) is 2.99. The van der Waals surface area contributed by atoms with Gasteiger partial charge in [-0.3, -0.25) is 0 Å². The van der Waals surface area contributed by atoms with E-state index < -0.39 is 0 Å². The lowest BCUT2D eigenvalue weighted by molar-refractivity contribution is 0.0331. The minimum atomic E-state index is 0.416. The predicted molar refractivity (Wildman–Crippen MR) is 38.9 cm³/mol. The summed E-state index contributed by atoms with van der Waals surface area (Å²) >= 11 is 0. The van der Waals surface area contributed by atoms with Gasteiger partial charge in [0.05, 0.1) is 0 Å². The van der Waals surface area contributed by atoms with Gasteiger partial charge in [-0.25, -0.2) is 5.01 Å². The zero-order valence-electron chi connectivity index (χ0n) is 6.44.